The third kappa shape index (κ3) is 2.65. The Hall–Kier alpha value is -1.60. The summed E-state index contributed by atoms with van der Waals surface area (Å²) in [6.45, 7) is 0.0352. The average Bonchev–Trinajstić information content (AvgIpc) is 2.07. The van der Waals surface area contributed by atoms with Gasteiger partial charge >= 0.3 is 0 Å². The van der Waals surface area contributed by atoms with Gasteiger partial charge in [-0.2, -0.15) is 4.99 Å². The molecule has 0 aliphatic rings. The number of hydrogen-bond acceptors (Lipinski definition) is 3. The SMILES string of the molecule is O=C=NCOc1ccccc1. The summed E-state index contributed by atoms with van der Waals surface area (Å²) < 4.78 is 5.02. The van der Waals surface area contributed by atoms with Crippen molar-refractivity contribution in [3.63, 3.8) is 0 Å². The Morgan fingerprint density at radius 1 is 1.36 bits per heavy atom. The van der Waals surface area contributed by atoms with Gasteiger partial charge in [-0.25, -0.2) is 4.79 Å². The number of nitrogens with zero attached hydrogens (tertiary/aromatic N) is 1. The minimum absolute atomic E-state index is 0.0352. The monoisotopic (exact) mass is 149 g/mol. The van der Waals surface area contributed by atoms with Gasteiger partial charge in [-0.1, -0.05) is 18.2 Å². The molecule has 1 aromatic carbocycles. The number of ether oxygens (including phenoxy) is 1. The van der Waals surface area contributed by atoms with Crippen LogP contribution < -0.4 is 4.74 Å². The second kappa shape index (κ2) is 4.25. The molecule has 0 aliphatic carbocycles. The van der Waals surface area contributed by atoms with Gasteiger partial charge in [0.1, 0.15) is 5.75 Å². The molecule has 0 aromatic heterocycles. The van der Waals surface area contributed by atoms with Crippen LogP contribution in [0.1, 0.15) is 0 Å². The first-order chi connectivity index (χ1) is 5.43. The molecule has 11 heavy (non-hydrogen) atoms. The summed E-state index contributed by atoms with van der Waals surface area (Å²) in [5.41, 5.74) is 0. The minimum Gasteiger partial charge on any atom is -0.471 e. The number of aliphatic imine (C=N–C) groups is 1. The first kappa shape index (κ1) is 7.51. The van der Waals surface area contributed by atoms with Crippen LogP contribution in [-0.4, -0.2) is 12.8 Å². The number of benzene rings is 1. The van der Waals surface area contributed by atoms with Crippen molar-refractivity contribution in [2.45, 2.75) is 0 Å². The van der Waals surface area contributed by atoms with Crippen molar-refractivity contribution in [2.24, 2.45) is 4.99 Å². The second-order valence-corrected chi connectivity index (χ2v) is 1.84. The van der Waals surface area contributed by atoms with E-state index in [1.54, 1.807) is 12.1 Å². The van der Waals surface area contributed by atoms with Crippen LogP contribution in [0.4, 0.5) is 0 Å². The highest BCUT2D eigenvalue weighted by Crippen LogP contribution is 2.07. The zero-order chi connectivity index (χ0) is 7.94. The molecule has 0 N–H and O–H groups in total. The van der Waals surface area contributed by atoms with Crippen LogP contribution in [0.15, 0.2) is 35.3 Å². The van der Waals surface area contributed by atoms with Crippen LogP contribution in [0.3, 0.4) is 0 Å². The van der Waals surface area contributed by atoms with Gasteiger partial charge in [0, 0.05) is 0 Å². The topological polar surface area (TPSA) is 38.7 Å². The molecule has 56 valence electrons. The van der Waals surface area contributed by atoms with Crippen LogP contribution >= 0.6 is 0 Å². The molecule has 0 fully saturated rings. The molecule has 0 unspecified atom stereocenters. The normalized spacial score (nSPS) is 8.36. The predicted octanol–water partition coefficient (Wildman–Crippen LogP) is 1.36. The van der Waals surface area contributed by atoms with E-state index in [1.807, 2.05) is 18.2 Å². The smallest absolute Gasteiger partial charge is 0.238 e. The minimum atomic E-state index is 0.0352. The molecule has 0 spiro atoms. The highest BCUT2D eigenvalue weighted by atomic mass is 16.5. The van der Waals surface area contributed by atoms with Gasteiger partial charge in [0.2, 0.25) is 6.08 Å². The first-order valence-corrected chi connectivity index (χ1v) is 3.15. The highest BCUT2D eigenvalue weighted by Gasteiger charge is 1.86. The highest BCUT2D eigenvalue weighted by molar-refractivity contribution is 5.32. The zero-order valence-corrected chi connectivity index (χ0v) is 5.86. The molecule has 0 saturated carbocycles. The van der Waals surface area contributed by atoms with Crippen molar-refractivity contribution in [2.75, 3.05) is 6.73 Å². The maximum absolute atomic E-state index is 9.62. The van der Waals surface area contributed by atoms with E-state index in [2.05, 4.69) is 4.99 Å². The summed E-state index contributed by atoms with van der Waals surface area (Å²) in [4.78, 5) is 12.9. The van der Waals surface area contributed by atoms with E-state index < -0.39 is 0 Å². The third-order valence-corrected chi connectivity index (χ3v) is 1.10. The first-order valence-electron chi connectivity index (χ1n) is 3.15. The van der Waals surface area contributed by atoms with Crippen LogP contribution in [0.5, 0.6) is 5.75 Å². The fraction of sp³-hybridized carbons (Fsp3) is 0.125. The summed E-state index contributed by atoms with van der Waals surface area (Å²) in [5, 5.41) is 0. The van der Waals surface area contributed by atoms with Crippen molar-refractivity contribution < 1.29 is 9.53 Å². The fourth-order valence-electron chi connectivity index (χ4n) is 0.650. The van der Waals surface area contributed by atoms with Crippen LogP contribution in [0, 0.1) is 0 Å². The number of isocyanates is 1. The lowest BCUT2D eigenvalue weighted by molar-refractivity contribution is 0.330. The molecule has 1 rings (SSSR count). The predicted molar refractivity (Wildman–Crippen MR) is 40.1 cm³/mol. The Bertz CT molecular complexity index is 252. The molecular formula is C8H7NO2. The Labute approximate surface area is 64.3 Å². The summed E-state index contributed by atoms with van der Waals surface area (Å²) in [5.74, 6) is 0.700. The molecule has 0 heterocycles. The van der Waals surface area contributed by atoms with E-state index in [0.717, 1.165) is 0 Å². The van der Waals surface area contributed by atoms with Crippen LogP contribution in [-0.2, 0) is 4.79 Å². The standard InChI is InChI=1S/C8H7NO2/c10-6-9-7-11-8-4-2-1-3-5-8/h1-5H,7H2. The van der Waals surface area contributed by atoms with Crippen molar-refractivity contribution in [1.29, 1.82) is 0 Å². The van der Waals surface area contributed by atoms with Gasteiger partial charge in [-0.15, -0.1) is 0 Å². The third-order valence-electron chi connectivity index (χ3n) is 1.10. The molecule has 0 radical (unpaired) electrons. The Kier molecular flexibility index (Phi) is 2.90. The van der Waals surface area contributed by atoms with Crippen molar-refractivity contribution in [3.05, 3.63) is 30.3 Å². The van der Waals surface area contributed by atoms with E-state index in [4.69, 9.17) is 4.74 Å². The number of carbonyl (C=O) groups excluding carboxylic acids is 1. The van der Waals surface area contributed by atoms with E-state index in [-0.39, 0.29) is 6.73 Å². The molecule has 3 heteroatoms. The molecule has 0 saturated heterocycles. The van der Waals surface area contributed by atoms with Crippen LogP contribution in [0.25, 0.3) is 0 Å². The lowest BCUT2D eigenvalue weighted by Crippen LogP contribution is -1.91. The summed E-state index contributed by atoms with van der Waals surface area (Å²) >= 11 is 0. The molecule has 0 aliphatic heterocycles. The number of hydrogen-bond donors (Lipinski definition) is 0. The van der Waals surface area contributed by atoms with Gasteiger partial charge in [-0.3, -0.25) is 0 Å². The van der Waals surface area contributed by atoms with Gasteiger partial charge in [0.05, 0.1) is 0 Å². The van der Waals surface area contributed by atoms with Gasteiger partial charge in [0.25, 0.3) is 0 Å². The Morgan fingerprint density at radius 2 is 2.09 bits per heavy atom. The van der Waals surface area contributed by atoms with Crippen LogP contribution in [0.2, 0.25) is 0 Å². The van der Waals surface area contributed by atoms with Crippen molar-refractivity contribution >= 4 is 6.08 Å². The lowest BCUT2D eigenvalue weighted by atomic mass is 10.3. The Morgan fingerprint density at radius 3 is 2.73 bits per heavy atom. The molecule has 3 nitrogen and oxygen atoms in total. The summed E-state index contributed by atoms with van der Waals surface area (Å²) in [6.07, 6.45) is 1.39. The zero-order valence-electron chi connectivity index (χ0n) is 5.86. The second-order valence-electron chi connectivity index (χ2n) is 1.84. The molecule has 0 atom stereocenters. The summed E-state index contributed by atoms with van der Waals surface area (Å²) in [6, 6.07) is 9.16. The van der Waals surface area contributed by atoms with Gasteiger partial charge in [0.15, 0.2) is 6.73 Å². The molecule has 0 amide bonds. The quantitative estimate of drug-likeness (QED) is 0.480. The molecule has 0 bridgehead atoms. The molecule has 1 aromatic rings. The maximum Gasteiger partial charge on any atom is 0.238 e. The number of rotatable bonds is 3. The van der Waals surface area contributed by atoms with Crippen molar-refractivity contribution in [3.8, 4) is 5.75 Å². The number of para-hydroxylation sites is 1. The summed E-state index contributed by atoms with van der Waals surface area (Å²) in [7, 11) is 0. The van der Waals surface area contributed by atoms with E-state index in [9.17, 15) is 4.79 Å². The van der Waals surface area contributed by atoms with E-state index >= 15 is 0 Å². The molecular weight excluding hydrogens is 142 g/mol. The Balaban J connectivity index is 2.45. The van der Waals surface area contributed by atoms with Gasteiger partial charge in [-0.05, 0) is 12.1 Å². The lowest BCUT2D eigenvalue weighted by Gasteiger charge is -1.98. The van der Waals surface area contributed by atoms with E-state index in [0.29, 0.717) is 5.75 Å². The average molecular weight is 149 g/mol. The van der Waals surface area contributed by atoms with Crippen molar-refractivity contribution in [1.82, 2.24) is 0 Å². The van der Waals surface area contributed by atoms with Gasteiger partial charge < -0.3 is 4.74 Å². The fourth-order valence-corrected chi connectivity index (χ4v) is 0.650. The maximum atomic E-state index is 9.62. The van der Waals surface area contributed by atoms with E-state index in [1.165, 1.54) is 6.08 Å². The largest absolute Gasteiger partial charge is 0.471 e.